The maximum absolute atomic E-state index is 12.3. The average molecular weight is 336 g/mol. The summed E-state index contributed by atoms with van der Waals surface area (Å²) in [7, 11) is 0. The van der Waals surface area contributed by atoms with Gasteiger partial charge in [0.15, 0.2) is 11.3 Å². The normalized spacial score (nSPS) is 14.9. The lowest BCUT2D eigenvalue weighted by atomic mass is 10.1. The summed E-state index contributed by atoms with van der Waals surface area (Å²) < 4.78 is 0. The third kappa shape index (κ3) is 5.11. The zero-order valence-corrected chi connectivity index (χ0v) is 14.8. The molecular weight excluding hydrogens is 310 g/mol. The molecule has 0 spiro atoms. The van der Waals surface area contributed by atoms with E-state index in [0.717, 1.165) is 24.8 Å². The van der Waals surface area contributed by atoms with E-state index in [9.17, 15) is 9.70 Å². The van der Waals surface area contributed by atoms with Crippen LogP contribution in [0.3, 0.4) is 0 Å². The van der Waals surface area contributed by atoms with Gasteiger partial charge in [0, 0.05) is 19.2 Å². The Hall–Kier alpha value is -2.31. The van der Waals surface area contributed by atoms with Crippen molar-refractivity contribution in [2.75, 3.05) is 18.6 Å². The van der Waals surface area contributed by atoms with Crippen LogP contribution >= 0.6 is 0 Å². The molecule has 0 aromatic heterocycles. The SMILES string of the molecule is Cc1ccc(NOC(=O)N2CCCCC2)c([N+](=O)OC(C)(C)C)c1. The minimum Gasteiger partial charge on any atom is -0.324 e. The molecule has 1 aliphatic heterocycles. The van der Waals surface area contributed by atoms with Crippen molar-refractivity contribution in [3.63, 3.8) is 0 Å². The molecule has 2 rings (SSSR count). The first-order chi connectivity index (χ1) is 11.3. The molecule has 1 saturated heterocycles. The highest BCUT2D eigenvalue weighted by molar-refractivity contribution is 5.70. The van der Waals surface area contributed by atoms with Crippen molar-refractivity contribution in [3.8, 4) is 0 Å². The van der Waals surface area contributed by atoms with Crippen molar-refractivity contribution in [1.82, 2.24) is 4.90 Å². The van der Waals surface area contributed by atoms with Crippen molar-refractivity contribution in [1.29, 1.82) is 0 Å². The second-order valence-corrected chi connectivity index (χ2v) is 7.00. The van der Waals surface area contributed by atoms with Gasteiger partial charge >= 0.3 is 11.8 Å². The molecule has 0 bridgehead atoms. The van der Waals surface area contributed by atoms with Gasteiger partial charge in [-0.3, -0.25) is 0 Å². The summed E-state index contributed by atoms with van der Waals surface area (Å²) in [5, 5.41) is 0. The first-order valence-electron chi connectivity index (χ1n) is 8.25. The topological polar surface area (TPSA) is 70.9 Å². The highest BCUT2D eigenvalue weighted by Gasteiger charge is 2.30. The molecule has 132 valence electrons. The maximum Gasteiger partial charge on any atom is 0.434 e. The fourth-order valence-corrected chi connectivity index (χ4v) is 2.42. The smallest absolute Gasteiger partial charge is 0.324 e. The van der Waals surface area contributed by atoms with Crippen LogP contribution in [0.15, 0.2) is 18.2 Å². The zero-order valence-electron chi connectivity index (χ0n) is 14.8. The fourth-order valence-electron chi connectivity index (χ4n) is 2.42. The van der Waals surface area contributed by atoms with Crippen molar-refractivity contribution in [3.05, 3.63) is 28.7 Å². The zero-order chi connectivity index (χ0) is 17.7. The number of carbonyl (C=O) groups excluding carboxylic acids is 1. The number of amides is 1. The van der Waals surface area contributed by atoms with Crippen LogP contribution in [0, 0.1) is 11.8 Å². The van der Waals surface area contributed by atoms with Gasteiger partial charge in [0.2, 0.25) is 0 Å². The maximum atomic E-state index is 12.3. The van der Waals surface area contributed by atoms with E-state index in [2.05, 4.69) is 5.48 Å². The molecule has 0 radical (unpaired) electrons. The molecule has 1 aliphatic rings. The lowest BCUT2D eigenvalue weighted by molar-refractivity contribution is -0.765. The van der Waals surface area contributed by atoms with Gasteiger partial charge in [0.1, 0.15) is 0 Å². The number of nitrogens with zero attached hydrogens (tertiary/aromatic N) is 2. The first kappa shape index (κ1) is 18.0. The van der Waals surface area contributed by atoms with Gasteiger partial charge in [-0.15, -0.1) is 0 Å². The second-order valence-electron chi connectivity index (χ2n) is 7.00. The van der Waals surface area contributed by atoms with E-state index in [1.807, 2.05) is 13.0 Å². The molecule has 24 heavy (non-hydrogen) atoms. The number of carbonyl (C=O) groups is 1. The van der Waals surface area contributed by atoms with E-state index in [1.54, 1.807) is 37.8 Å². The number of hydrogen-bond acceptors (Lipinski definition) is 5. The summed E-state index contributed by atoms with van der Waals surface area (Å²) in [5.41, 5.74) is 3.50. The van der Waals surface area contributed by atoms with E-state index < -0.39 is 11.7 Å². The second kappa shape index (κ2) is 7.51. The van der Waals surface area contributed by atoms with Gasteiger partial charge < -0.3 is 9.74 Å². The molecule has 1 aromatic rings. The van der Waals surface area contributed by atoms with Crippen LogP contribution < -0.4 is 5.48 Å². The van der Waals surface area contributed by atoms with Crippen LogP contribution in [-0.4, -0.2) is 34.6 Å². The molecule has 0 atom stereocenters. The van der Waals surface area contributed by atoms with Crippen LogP contribution in [0.2, 0.25) is 0 Å². The Bertz CT molecular complexity index is 604. The van der Waals surface area contributed by atoms with E-state index in [0.29, 0.717) is 23.7 Å². The molecule has 7 nitrogen and oxygen atoms in total. The number of likely N-dealkylation sites (tertiary alicyclic amines) is 1. The highest BCUT2D eigenvalue weighted by Crippen LogP contribution is 2.28. The Kier molecular flexibility index (Phi) is 5.64. The monoisotopic (exact) mass is 336 g/mol. The van der Waals surface area contributed by atoms with Crippen molar-refractivity contribution >= 4 is 17.5 Å². The Morgan fingerprint density at radius 3 is 2.50 bits per heavy atom. The van der Waals surface area contributed by atoms with E-state index in [1.165, 1.54) is 0 Å². The molecule has 1 N–H and O–H groups in total. The lowest BCUT2D eigenvalue weighted by Gasteiger charge is -2.25. The van der Waals surface area contributed by atoms with Gasteiger partial charge in [-0.1, -0.05) is 6.07 Å². The molecule has 1 fully saturated rings. The molecule has 1 aromatic carbocycles. The summed E-state index contributed by atoms with van der Waals surface area (Å²) in [6.45, 7) is 8.63. The third-order valence-electron chi connectivity index (χ3n) is 3.57. The standard InChI is InChI=1S/C17H26N3O4/c1-13-8-9-14(15(12-13)20(22)24-17(2,3)4)18-23-16(21)19-10-6-5-7-11-19/h8-9,12,18H,5-7,10-11H2,1-4H3/q+1. The molecule has 1 heterocycles. The molecule has 1 amide bonds. The largest absolute Gasteiger partial charge is 0.434 e. The Morgan fingerprint density at radius 1 is 1.21 bits per heavy atom. The van der Waals surface area contributed by atoms with Gasteiger partial charge in [-0.2, -0.15) is 0 Å². The lowest BCUT2D eigenvalue weighted by Crippen LogP contribution is -2.37. The molecule has 0 unspecified atom stereocenters. The Balaban J connectivity index is 2.06. The number of hydrogen-bond donors (Lipinski definition) is 1. The fraction of sp³-hybridized carbons (Fsp3) is 0.588. The van der Waals surface area contributed by atoms with Crippen molar-refractivity contribution in [2.24, 2.45) is 0 Å². The average Bonchev–Trinajstić information content (AvgIpc) is 2.52. The molecule has 0 aliphatic carbocycles. The van der Waals surface area contributed by atoms with Crippen LogP contribution in [0.5, 0.6) is 0 Å². The summed E-state index contributed by atoms with van der Waals surface area (Å²) >= 11 is 0. The minimum absolute atomic E-state index is 0.261. The van der Waals surface area contributed by atoms with Crippen LogP contribution in [0.25, 0.3) is 0 Å². The number of aryl methyl sites for hydroxylation is 1. The van der Waals surface area contributed by atoms with Crippen molar-refractivity contribution < 1.29 is 19.4 Å². The van der Waals surface area contributed by atoms with Gasteiger partial charge in [0.05, 0.1) is 4.91 Å². The van der Waals surface area contributed by atoms with E-state index >= 15 is 0 Å². The summed E-state index contributed by atoms with van der Waals surface area (Å²) in [6, 6.07) is 5.19. The molecule has 0 saturated carbocycles. The number of benzene rings is 1. The summed E-state index contributed by atoms with van der Waals surface area (Å²) in [4.78, 5) is 36.9. The quantitative estimate of drug-likeness (QED) is 0.839. The Labute approximate surface area is 142 Å². The predicted molar refractivity (Wildman–Crippen MR) is 90.8 cm³/mol. The van der Waals surface area contributed by atoms with Gasteiger partial charge in [-0.05, 0) is 58.6 Å². The van der Waals surface area contributed by atoms with Gasteiger partial charge in [-0.25, -0.2) is 15.1 Å². The molecule has 7 heteroatoms. The summed E-state index contributed by atoms with van der Waals surface area (Å²) in [6.07, 6.45) is 2.67. The van der Waals surface area contributed by atoms with E-state index in [4.69, 9.17) is 9.68 Å². The predicted octanol–water partition coefficient (Wildman–Crippen LogP) is 4.08. The van der Waals surface area contributed by atoms with Gasteiger partial charge in [0.25, 0.3) is 4.92 Å². The number of piperidine rings is 1. The number of nitrogens with one attached hydrogen (secondary N) is 1. The van der Waals surface area contributed by atoms with Crippen molar-refractivity contribution in [2.45, 2.75) is 52.6 Å². The number of anilines is 1. The minimum atomic E-state index is -0.632. The van der Waals surface area contributed by atoms with Crippen LogP contribution in [0.1, 0.15) is 45.6 Å². The Morgan fingerprint density at radius 2 is 1.88 bits per heavy atom. The van der Waals surface area contributed by atoms with Crippen LogP contribution in [-0.2, 0) is 9.68 Å². The number of rotatable bonds is 4. The van der Waals surface area contributed by atoms with E-state index in [-0.39, 0.29) is 5.69 Å². The first-order valence-corrected chi connectivity index (χ1v) is 8.25. The highest BCUT2D eigenvalue weighted by atomic mass is 16.8. The molecular formula is C17H26N3O4+. The summed E-state index contributed by atoms with van der Waals surface area (Å²) in [5.74, 6) is 0. The third-order valence-corrected chi connectivity index (χ3v) is 3.57. The van der Waals surface area contributed by atoms with Crippen LogP contribution in [0.4, 0.5) is 16.2 Å².